The summed E-state index contributed by atoms with van der Waals surface area (Å²) in [6.45, 7) is 0.465. The number of anilines is 1. The van der Waals surface area contributed by atoms with Crippen LogP contribution in [0.15, 0.2) is 45.6 Å². The van der Waals surface area contributed by atoms with Gasteiger partial charge < -0.3 is 10.5 Å². The summed E-state index contributed by atoms with van der Waals surface area (Å²) in [4.78, 5) is 3.95. The van der Waals surface area contributed by atoms with Gasteiger partial charge in [-0.25, -0.2) is 0 Å². The molecule has 1 heterocycles. The minimum atomic E-state index is 0.465. The predicted octanol–water partition coefficient (Wildman–Crippen LogP) is 3.77. The van der Waals surface area contributed by atoms with Gasteiger partial charge in [0.2, 0.25) is 0 Å². The van der Waals surface area contributed by atoms with Gasteiger partial charge in [0.25, 0.3) is 0 Å². The summed E-state index contributed by atoms with van der Waals surface area (Å²) in [5.41, 5.74) is 7.38. The van der Waals surface area contributed by atoms with Gasteiger partial charge in [-0.1, -0.05) is 28.1 Å². The van der Waals surface area contributed by atoms with E-state index in [2.05, 4.69) is 36.8 Å². The Hall–Kier alpha value is -1.07. The number of hydrogen-bond acceptors (Lipinski definition) is 3. The van der Waals surface area contributed by atoms with Gasteiger partial charge in [0.15, 0.2) is 5.75 Å². The molecule has 5 heteroatoms. The van der Waals surface area contributed by atoms with Crippen molar-refractivity contribution in [2.24, 2.45) is 0 Å². The molecule has 0 aliphatic rings. The van der Waals surface area contributed by atoms with Gasteiger partial charge >= 0.3 is 0 Å². The van der Waals surface area contributed by atoms with Crippen LogP contribution in [-0.2, 0) is 6.61 Å². The van der Waals surface area contributed by atoms with E-state index in [9.17, 15) is 0 Å². The van der Waals surface area contributed by atoms with Crippen LogP contribution in [0.5, 0.6) is 5.75 Å². The first kappa shape index (κ1) is 12.4. The number of hydrogen-bond donors (Lipinski definition) is 1. The van der Waals surface area contributed by atoms with Crippen LogP contribution in [0.3, 0.4) is 0 Å². The van der Waals surface area contributed by atoms with Gasteiger partial charge in [0, 0.05) is 10.7 Å². The maximum Gasteiger partial charge on any atom is 0.160 e. The molecule has 2 aromatic rings. The molecule has 0 bridgehead atoms. The molecule has 88 valence electrons. The standard InChI is InChI=1S/C12H10Br2N2O/c13-9-3-1-2-8(4-9)7-17-12-10(14)5-16-6-11(12)15/h1-6H,7,15H2. The Labute approximate surface area is 116 Å². The number of nitrogen functional groups attached to an aromatic ring is 1. The Morgan fingerprint density at radius 3 is 2.76 bits per heavy atom. The van der Waals surface area contributed by atoms with Crippen molar-refractivity contribution in [3.8, 4) is 5.75 Å². The zero-order valence-electron chi connectivity index (χ0n) is 8.86. The van der Waals surface area contributed by atoms with Crippen molar-refractivity contribution in [3.05, 3.63) is 51.2 Å². The van der Waals surface area contributed by atoms with Crippen LogP contribution in [0.2, 0.25) is 0 Å². The molecule has 0 atom stereocenters. The van der Waals surface area contributed by atoms with Crippen molar-refractivity contribution in [3.63, 3.8) is 0 Å². The lowest BCUT2D eigenvalue weighted by Gasteiger charge is -2.10. The molecule has 2 N–H and O–H groups in total. The lowest BCUT2D eigenvalue weighted by atomic mass is 10.2. The van der Waals surface area contributed by atoms with Gasteiger partial charge in [-0.15, -0.1) is 0 Å². The number of aromatic nitrogens is 1. The third kappa shape index (κ3) is 3.20. The molecule has 0 spiro atoms. The molecule has 2 rings (SSSR count). The molecule has 0 fully saturated rings. The lowest BCUT2D eigenvalue weighted by Crippen LogP contribution is -2.00. The highest BCUT2D eigenvalue weighted by molar-refractivity contribution is 9.10. The average Bonchev–Trinajstić information content (AvgIpc) is 2.28. The Morgan fingerprint density at radius 2 is 2.06 bits per heavy atom. The average molecular weight is 358 g/mol. The van der Waals surface area contributed by atoms with Crippen molar-refractivity contribution in [1.82, 2.24) is 4.98 Å². The topological polar surface area (TPSA) is 48.1 Å². The molecule has 17 heavy (non-hydrogen) atoms. The van der Waals surface area contributed by atoms with E-state index >= 15 is 0 Å². The first-order valence-corrected chi connectivity index (χ1v) is 6.51. The Morgan fingerprint density at radius 1 is 1.24 bits per heavy atom. The highest BCUT2D eigenvalue weighted by Crippen LogP contribution is 2.30. The van der Waals surface area contributed by atoms with E-state index in [1.165, 1.54) is 0 Å². The first-order chi connectivity index (χ1) is 8.16. The quantitative estimate of drug-likeness (QED) is 0.909. The molecule has 0 amide bonds. The van der Waals surface area contributed by atoms with Crippen molar-refractivity contribution < 1.29 is 4.74 Å². The summed E-state index contributed by atoms with van der Waals surface area (Å²) in [5, 5.41) is 0. The second kappa shape index (κ2) is 5.51. The molecule has 0 saturated carbocycles. The summed E-state index contributed by atoms with van der Waals surface area (Å²) < 4.78 is 7.46. The summed E-state index contributed by atoms with van der Waals surface area (Å²) in [6, 6.07) is 7.94. The van der Waals surface area contributed by atoms with Gasteiger partial charge in [0.05, 0.1) is 16.4 Å². The van der Waals surface area contributed by atoms with Crippen LogP contribution in [-0.4, -0.2) is 4.98 Å². The van der Waals surface area contributed by atoms with E-state index in [4.69, 9.17) is 10.5 Å². The number of nitrogens with zero attached hydrogens (tertiary/aromatic N) is 1. The monoisotopic (exact) mass is 356 g/mol. The number of benzene rings is 1. The number of pyridine rings is 1. The SMILES string of the molecule is Nc1cncc(Br)c1OCc1cccc(Br)c1. The minimum absolute atomic E-state index is 0.465. The van der Waals surface area contributed by atoms with Crippen LogP contribution < -0.4 is 10.5 Å². The molecule has 1 aromatic heterocycles. The van der Waals surface area contributed by atoms with E-state index in [0.29, 0.717) is 18.0 Å². The molecule has 3 nitrogen and oxygen atoms in total. The second-order valence-electron chi connectivity index (χ2n) is 3.46. The highest BCUT2D eigenvalue weighted by atomic mass is 79.9. The number of nitrogens with two attached hydrogens (primary N) is 1. The van der Waals surface area contributed by atoms with E-state index in [1.54, 1.807) is 12.4 Å². The Bertz CT molecular complexity index is 511. The van der Waals surface area contributed by atoms with E-state index in [0.717, 1.165) is 14.5 Å². The molecule has 0 aliphatic carbocycles. The molecule has 0 saturated heterocycles. The third-order valence-corrected chi connectivity index (χ3v) is 3.21. The van der Waals surface area contributed by atoms with Gasteiger partial charge in [-0.2, -0.15) is 0 Å². The molecular formula is C12H10Br2N2O. The molecule has 0 radical (unpaired) electrons. The second-order valence-corrected chi connectivity index (χ2v) is 5.23. The smallest absolute Gasteiger partial charge is 0.160 e. The fraction of sp³-hybridized carbons (Fsp3) is 0.0833. The fourth-order valence-electron chi connectivity index (χ4n) is 1.37. The predicted molar refractivity (Wildman–Crippen MR) is 74.8 cm³/mol. The van der Waals surface area contributed by atoms with Crippen molar-refractivity contribution in [2.45, 2.75) is 6.61 Å². The third-order valence-electron chi connectivity index (χ3n) is 2.15. The largest absolute Gasteiger partial charge is 0.485 e. The normalized spacial score (nSPS) is 10.2. The van der Waals surface area contributed by atoms with Crippen LogP contribution in [0, 0.1) is 0 Å². The zero-order valence-corrected chi connectivity index (χ0v) is 12.0. The maximum atomic E-state index is 5.79. The maximum absolute atomic E-state index is 5.79. The Balaban J connectivity index is 2.13. The molecule has 0 unspecified atom stereocenters. The van der Waals surface area contributed by atoms with Crippen LogP contribution in [0.1, 0.15) is 5.56 Å². The van der Waals surface area contributed by atoms with Crippen molar-refractivity contribution in [1.29, 1.82) is 0 Å². The summed E-state index contributed by atoms with van der Waals surface area (Å²) >= 11 is 6.78. The Kier molecular flexibility index (Phi) is 4.02. The lowest BCUT2D eigenvalue weighted by molar-refractivity contribution is 0.305. The van der Waals surface area contributed by atoms with Crippen LogP contribution >= 0.6 is 31.9 Å². The van der Waals surface area contributed by atoms with Crippen LogP contribution in [0.4, 0.5) is 5.69 Å². The zero-order chi connectivity index (χ0) is 12.3. The van der Waals surface area contributed by atoms with Gasteiger partial charge in [-0.3, -0.25) is 4.98 Å². The van der Waals surface area contributed by atoms with E-state index in [-0.39, 0.29) is 0 Å². The number of rotatable bonds is 3. The van der Waals surface area contributed by atoms with Crippen molar-refractivity contribution in [2.75, 3.05) is 5.73 Å². The summed E-state index contributed by atoms with van der Waals surface area (Å²) in [5.74, 6) is 0.625. The minimum Gasteiger partial charge on any atom is -0.485 e. The summed E-state index contributed by atoms with van der Waals surface area (Å²) in [7, 11) is 0. The van der Waals surface area contributed by atoms with Gasteiger partial charge in [-0.05, 0) is 33.6 Å². The van der Waals surface area contributed by atoms with Crippen molar-refractivity contribution >= 4 is 37.5 Å². The first-order valence-electron chi connectivity index (χ1n) is 4.93. The molecule has 1 aromatic carbocycles. The molecule has 0 aliphatic heterocycles. The van der Waals surface area contributed by atoms with Gasteiger partial charge in [0.1, 0.15) is 6.61 Å². The van der Waals surface area contributed by atoms with E-state index < -0.39 is 0 Å². The van der Waals surface area contributed by atoms with E-state index in [1.807, 2.05) is 24.3 Å². The number of halogens is 2. The summed E-state index contributed by atoms with van der Waals surface area (Å²) in [6.07, 6.45) is 3.23. The highest BCUT2D eigenvalue weighted by Gasteiger charge is 2.06. The van der Waals surface area contributed by atoms with Crippen LogP contribution in [0.25, 0.3) is 0 Å². The molecular weight excluding hydrogens is 348 g/mol. The number of ether oxygens (including phenoxy) is 1. The fourth-order valence-corrected chi connectivity index (χ4v) is 2.28.